The third-order valence-corrected chi connectivity index (χ3v) is 3.06. The summed E-state index contributed by atoms with van der Waals surface area (Å²) in [5.74, 6) is 0. The summed E-state index contributed by atoms with van der Waals surface area (Å²) >= 11 is 6.03. The zero-order valence-corrected chi connectivity index (χ0v) is 10.6. The van der Waals surface area contributed by atoms with Crippen LogP contribution in [-0.2, 0) is 6.42 Å². The highest BCUT2D eigenvalue weighted by Gasteiger charge is 2.16. The Morgan fingerprint density at radius 1 is 1.24 bits per heavy atom. The molecule has 1 aromatic heterocycles. The summed E-state index contributed by atoms with van der Waals surface area (Å²) in [4.78, 5) is 0. The van der Waals surface area contributed by atoms with E-state index in [4.69, 9.17) is 16.0 Å². The number of likely N-dealkylation sites (N-methyl/N-ethyl adjacent to an activating group) is 1. The van der Waals surface area contributed by atoms with Crippen LogP contribution < -0.4 is 5.32 Å². The average Bonchev–Trinajstić information content (AvgIpc) is 2.76. The van der Waals surface area contributed by atoms with Crippen molar-refractivity contribution in [3.8, 4) is 0 Å². The quantitative estimate of drug-likeness (QED) is 0.871. The normalized spacial score (nSPS) is 12.6. The third kappa shape index (κ3) is 3.11. The molecule has 0 aliphatic rings. The molecule has 1 heterocycles. The Morgan fingerprint density at radius 3 is 2.59 bits per heavy atom. The molecule has 0 saturated heterocycles. The van der Waals surface area contributed by atoms with Gasteiger partial charge in [0.05, 0.1) is 6.26 Å². The van der Waals surface area contributed by atoms with E-state index in [0.717, 1.165) is 18.5 Å². The lowest BCUT2D eigenvalue weighted by Gasteiger charge is -2.16. The minimum Gasteiger partial charge on any atom is -0.453 e. The molecule has 0 saturated carbocycles. The molecule has 0 spiro atoms. The molecule has 2 rings (SSSR count). The highest BCUT2D eigenvalue weighted by molar-refractivity contribution is 6.29. The molecule has 0 amide bonds. The van der Waals surface area contributed by atoms with Gasteiger partial charge < -0.3 is 9.73 Å². The molecule has 1 N–H and O–H groups in total. The van der Waals surface area contributed by atoms with Crippen LogP contribution in [0.4, 0.5) is 0 Å². The SMILES string of the molecule is CCNC(Cc1ccccc1)c1ccoc1Cl. The molecule has 2 aromatic rings. The summed E-state index contributed by atoms with van der Waals surface area (Å²) in [5, 5.41) is 3.91. The first-order valence-corrected chi connectivity index (χ1v) is 6.19. The van der Waals surface area contributed by atoms with Gasteiger partial charge in [-0.2, -0.15) is 0 Å². The van der Waals surface area contributed by atoms with Crippen LogP contribution in [0.25, 0.3) is 0 Å². The van der Waals surface area contributed by atoms with E-state index in [2.05, 4.69) is 36.5 Å². The van der Waals surface area contributed by atoms with E-state index in [1.807, 2.05) is 12.1 Å². The Balaban J connectivity index is 2.16. The van der Waals surface area contributed by atoms with E-state index >= 15 is 0 Å². The predicted octanol–water partition coefficient (Wildman–Crippen LogP) is 3.83. The topological polar surface area (TPSA) is 25.2 Å². The predicted molar refractivity (Wildman–Crippen MR) is 70.3 cm³/mol. The number of nitrogens with one attached hydrogen (secondary N) is 1. The molecule has 1 atom stereocenters. The fraction of sp³-hybridized carbons (Fsp3) is 0.286. The molecule has 0 bridgehead atoms. The molecule has 90 valence electrons. The van der Waals surface area contributed by atoms with Crippen LogP contribution in [0.1, 0.15) is 24.1 Å². The van der Waals surface area contributed by atoms with Crippen molar-refractivity contribution in [1.29, 1.82) is 0 Å². The second-order valence-electron chi connectivity index (χ2n) is 3.95. The van der Waals surface area contributed by atoms with Crippen LogP contribution in [0.3, 0.4) is 0 Å². The third-order valence-electron chi connectivity index (χ3n) is 2.75. The highest BCUT2D eigenvalue weighted by Crippen LogP contribution is 2.26. The van der Waals surface area contributed by atoms with Gasteiger partial charge in [-0.3, -0.25) is 0 Å². The van der Waals surface area contributed by atoms with Gasteiger partial charge in [-0.15, -0.1) is 0 Å². The Labute approximate surface area is 107 Å². The molecule has 1 unspecified atom stereocenters. The van der Waals surface area contributed by atoms with Crippen LogP contribution in [0.5, 0.6) is 0 Å². The molecule has 2 nitrogen and oxygen atoms in total. The maximum Gasteiger partial charge on any atom is 0.197 e. The van der Waals surface area contributed by atoms with Gasteiger partial charge in [-0.25, -0.2) is 0 Å². The van der Waals surface area contributed by atoms with Crippen molar-refractivity contribution in [2.75, 3.05) is 6.54 Å². The smallest absolute Gasteiger partial charge is 0.197 e. The summed E-state index contributed by atoms with van der Waals surface area (Å²) in [5.41, 5.74) is 2.31. The number of hydrogen-bond donors (Lipinski definition) is 1. The lowest BCUT2D eigenvalue weighted by atomic mass is 10.0. The number of furan rings is 1. The molecule has 0 aliphatic heterocycles. The van der Waals surface area contributed by atoms with Crippen molar-refractivity contribution >= 4 is 11.6 Å². The van der Waals surface area contributed by atoms with Crippen LogP contribution in [0.2, 0.25) is 5.22 Å². The first-order valence-electron chi connectivity index (χ1n) is 5.81. The molecular weight excluding hydrogens is 234 g/mol. The molecule has 0 aliphatic carbocycles. The maximum absolute atomic E-state index is 6.03. The van der Waals surface area contributed by atoms with Crippen LogP contribution in [0, 0.1) is 0 Å². The lowest BCUT2D eigenvalue weighted by molar-refractivity contribution is 0.526. The Bertz CT molecular complexity index is 452. The van der Waals surface area contributed by atoms with Crippen molar-refractivity contribution < 1.29 is 4.42 Å². The fourth-order valence-electron chi connectivity index (χ4n) is 1.94. The Morgan fingerprint density at radius 2 is 2.00 bits per heavy atom. The second kappa shape index (κ2) is 5.89. The van der Waals surface area contributed by atoms with Crippen LogP contribution >= 0.6 is 11.6 Å². The van der Waals surface area contributed by atoms with Gasteiger partial charge in [0.1, 0.15) is 0 Å². The number of halogens is 1. The van der Waals surface area contributed by atoms with Gasteiger partial charge in [-0.1, -0.05) is 37.3 Å². The van der Waals surface area contributed by atoms with Gasteiger partial charge in [0.15, 0.2) is 5.22 Å². The minimum atomic E-state index is 0.202. The standard InChI is InChI=1S/C14H16ClNO/c1-2-16-13(12-8-9-17-14(12)15)10-11-6-4-3-5-7-11/h3-9,13,16H,2,10H2,1H3. The Kier molecular flexibility index (Phi) is 4.24. The van der Waals surface area contributed by atoms with Crippen LogP contribution in [-0.4, -0.2) is 6.54 Å². The largest absolute Gasteiger partial charge is 0.453 e. The van der Waals surface area contributed by atoms with E-state index in [1.165, 1.54) is 5.56 Å². The van der Waals surface area contributed by atoms with Crippen molar-refractivity contribution in [2.24, 2.45) is 0 Å². The molecule has 1 aromatic carbocycles. The van der Waals surface area contributed by atoms with Gasteiger partial charge in [0.2, 0.25) is 0 Å². The summed E-state index contributed by atoms with van der Waals surface area (Å²) < 4.78 is 5.15. The van der Waals surface area contributed by atoms with Crippen molar-refractivity contribution in [3.63, 3.8) is 0 Å². The molecule has 3 heteroatoms. The van der Waals surface area contributed by atoms with E-state index in [9.17, 15) is 0 Å². The zero-order chi connectivity index (χ0) is 12.1. The van der Waals surface area contributed by atoms with Gasteiger partial charge in [0.25, 0.3) is 0 Å². The van der Waals surface area contributed by atoms with E-state index in [0.29, 0.717) is 5.22 Å². The van der Waals surface area contributed by atoms with Crippen LogP contribution in [0.15, 0.2) is 47.1 Å². The fourth-order valence-corrected chi connectivity index (χ4v) is 2.19. The average molecular weight is 250 g/mol. The summed E-state index contributed by atoms with van der Waals surface area (Å²) in [6.45, 7) is 2.99. The second-order valence-corrected chi connectivity index (χ2v) is 4.29. The Hall–Kier alpha value is -1.25. The zero-order valence-electron chi connectivity index (χ0n) is 9.82. The van der Waals surface area contributed by atoms with Gasteiger partial charge >= 0.3 is 0 Å². The first kappa shape index (κ1) is 12.2. The summed E-state index contributed by atoms with van der Waals surface area (Å²) in [6, 6.07) is 12.5. The number of rotatable bonds is 5. The van der Waals surface area contributed by atoms with Crippen molar-refractivity contribution in [2.45, 2.75) is 19.4 Å². The number of hydrogen-bond acceptors (Lipinski definition) is 2. The van der Waals surface area contributed by atoms with E-state index in [1.54, 1.807) is 6.26 Å². The first-order chi connectivity index (χ1) is 8.31. The minimum absolute atomic E-state index is 0.202. The maximum atomic E-state index is 6.03. The summed E-state index contributed by atoms with van der Waals surface area (Å²) in [6.07, 6.45) is 2.54. The molecule has 0 radical (unpaired) electrons. The molecule has 17 heavy (non-hydrogen) atoms. The number of benzene rings is 1. The van der Waals surface area contributed by atoms with Gasteiger partial charge in [-0.05, 0) is 36.2 Å². The lowest BCUT2D eigenvalue weighted by Crippen LogP contribution is -2.22. The van der Waals surface area contributed by atoms with Crippen molar-refractivity contribution in [1.82, 2.24) is 5.32 Å². The summed E-state index contributed by atoms with van der Waals surface area (Å²) in [7, 11) is 0. The van der Waals surface area contributed by atoms with Crippen molar-refractivity contribution in [3.05, 3.63) is 59.0 Å². The molecule has 0 fully saturated rings. The highest BCUT2D eigenvalue weighted by atomic mass is 35.5. The van der Waals surface area contributed by atoms with E-state index in [-0.39, 0.29) is 6.04 Å². The molecular formula is C14H16ClNO. The van der Waals surface area contributed by atoms with E-state index < -0.39 is 0 Å². The van der Waals surface area contributed by atoms with Gasteiger partial charge in [0, 0.05) is 11.6 Å². The monoisotopic (exact) mass is 249 g/mol.